The van der Waals surface area contributed by atoms with E-state index in [1.54, 1.807) is 17.2 Å². The Morgan fingerprint density at radius 2 is 1.89 bits per heavy atom. The summed E-state index contributed by atoms with van der Waals surface area (Å²) in [6.45, 7) is 3.06. The van der Waals surface area contributed by atoms with E-state index in [4.69, 9.17) is 26.5 Å². The van der Waals surface area contributed by atoms with E-state index in [1.165, 1.54) is 11.8 Å². The van der Waals surface area contributed by atoms with Gasteiger partial charge in [-0.3, -0.25) is 9.69 Å². The molecule has 0 saturated carbocycles. The summed E-state index contributed by atoms with van der Waals surface area (Å²) in [5, 5.41) is 4.86. The first-order valence-corrected chi connectivity index (χ1v) is 12.5. The van der Waals surface area contributed by atoms with Crippen LogP contribution in [-0.2, 0) is 11.3 Å². The molecule has 0 bridgehead atoms. The third kappa shape index (κ3) is 5.08. The minimum atomic E-state index is -0.141. The van der Waals surface area contributed by atoms with Crippen LogP contribution in [0.15, 0.2) is 88.5 Å². The maximum atomic E-state index is 13.2. The normalized spacial score (nSPS) is 14.8. The van der Waals surface area contributed by atoms with Gasteiger partial charge < -0.3 is 9.15 Å². The molecule has 2 aromatic carbocycles. The second kappa shape index (κ2) is 10.3. The summed E-state index contributed by atoms with van der Waals surface area (Å²) >= 11 is 6.78. The Morgan fingerprint density at radius 3 is 2.60 bits per heavy atom. The topological polar surface area (TPSA) is 60.5 Å². The predicted molar refractivity (Wildman–Crippen MR) is 142 cm³/mol. The first kappa shape index (κ1) is 23.1. The number of furan rings is 1. The number of thioether (sulfide) groups is 1. The van der Waals surface area contributed by atoms with E-state index in [9.17, 15) is 4.79 Å². The van der Waals surface area contributed by atoms with Crippen molar-refractivity contribution in [3.05, 3.63) is 95.4 Å². The number of carbonyl (C=O) groups is 1. The van der Waals surface area contributed by atoms with Gasteiger partial charge in [0.2, 0.25) is 0 Å². The average Bonchev–Trinajstić information content (AvgIpc) is 3.61. The lowest BCUT2D eigenvalue weighted by Crippen LogP contribution is -2.27. The van der Waals surface area contributed by atoms with Gasteiger partial charge in [0, 0.05) is 17.3 Å². The molecule has 1 saturated heterocycles. The Balaban J connectivity index is 1.50. The Morgan fingerprint density at radius 1 is 1.09 bits per heavy atom. The van der Waals surface area contributed by atoms with Crippen LogP contribution in [0.2, 0.25) is 0 Å². The molecule has 6 nitrogen and oxygen atoms in total. The molecule has 0 atom stereocenters. The fourth-order valence-electron chi connectivity index (χ4n) is 3.70. The van der Waals surface area contributed by atoms with Crippen LogP contribution in [0.1, 0.15) is 24.7 Å². The second-order valence-electron chi connectivity index (χ2n) is 7.93. The molecule has 1 aliphatic rings. The number of nitrogens with zero attached hydrogens (tertiary/aromatic N) is 3. The molecular weight excluding hydrogens is 478 g/mol. The number of benzene rings is 2. The SMILES string of the molecule is CCCOc1ccc(-c2nn(-c3ccccc3)cc2/C=C2/SC(=S)N(Cc3ccco3)C2=O)cc1. The first-order valence-electron chi connectivity index (χ1n) is 11.3. The van der Waals surface area contributed by atoms with Crippen LogP contribution in [0.25, 0.3) is 23.0 Å². The number of hydrogen-bond donors (Lipinski definition) is 0. The third-order valence-corrected chi connectivity index (χ3v) is 6.80. The molecule has 2 aromatic heterocycles. The largest absolute Gasteiger partial charge is 0.494 e. The van der Waals surface area contributed by atoms with Crippen molar-refractivity contribution in [1.29, 1.82) is 0 Å². The highest BCUT2D eigenvalue weighted by Crippen LogP contribution is 2.36. The predicted octanol–water partition coefficient (Wildman–Crippen LogP) is 6.32. The van der Waals surface area contributed by atoms with Crippen LogP contribution in [0.3, 0.4) is 0 Å². The third-order valence-electron chi connectivity index (χ3n) is 5.42. The van der Waals surface area contributed by atoms with Gasteiger partial charge in [0.05, 0.1) is 35.7 Å². The fourth-order valence-corrected chi connectivity index (χ4v) is 4.94. The maximum absolute atomic E-state index is 13.2. The summed E-state index contributed by atoms with van der Waals surface area (Å²) in [5.41, 5.74) is 3.46. The number of aromatic nitrogens is 2. The van der Waals surface area contributed by atoms with E-state index in [0.717, 1.165) is 34.7 Å². The zero-order valence-electron chi connectivity index (χ0n) is 19.1. The van der Waals surface area contributed by atoms with Crippen LogP contribution in [0, 0.1) is 0 Å². The Bertz CT molecular complexity index is 1360. The minimum absolute atomic E-state index is 0.141. The van der Waals surface area contributed by atoms with Crippen molar-refractivity contribution < 1.29 is 13.9 Å². The lowest BCUT2D eigenvalue weighted by atomic mass is 10.1. The molecule has 0 radical (unpaired) electrons. The molecule has 3 heterocycles. The van der Waals surface area contributed by atoms with E-state index in [2.05, 4.69) is 6.92 Å². The number of ether oxygens (including phenoxy) is 1. The van der Waals surface area contributed by atoms with Gasteiger partial charge >= 0.3 is 0 Å². The molecule has 1 amide bonds. The number of carbonyl (C=O) groups excluding carboxylic acids is 1. The molecular formula is C27H23N3O3S2. The van der Waals surface area contributed by atoms with E-state index in [1.807, 2.05) is 77.6 Å². The van der Waals surface area contributed by atoms with Crippen LogP contribution >= 0.6 is 24.0 Å². The molecule has 176 valence electrons. The summed E-state index contributed by atoms with van der Waals surface area (Å²) in [6, 6.07) is 21.4. The summed E-state index contributed by atoms with van der Waals surface area (Å²) in [6.07, 6.45) is 6.34. The van der Waals surface area contributed by atoms with Crippen LogP contribution in [0.4, 0.5) is 0 Å². The molecule has 5 rings (SSSR count). The van der Waals surface area contributed by atoms with Gasteiger partial charge in [-0.05, 0) is 61.0 Å². The highest BCUT2D eigenvalue weighted by molar-refractivity contribution is 8.26. The molecule has 0 N–H and O–H groups in total. The average molecular weight is 502 g/mol. The van der Waals surface area contributed by atoms with Gasteiger partial charge in [0.15, 0.2) is 0 Å². The van der Waals surface area contributed by atoms with Gasteiger partial charge in [-0.25, -0.2) is 4.68 Å². The minimum Gasteiger partial charge on any atom is -0.494 e. The van der Waals surface area contributed by atoms with Crippen LogP contribution in [0.5, 0.6) is 5.75 Å². The van der Waals surface area contributed by atoms with Gasteiger partial charge in [-0.1, -0.05) is 49.1 Å². The van der Waals surface area contributed by atoms with Crippen molar-refractivity contribution in [1.82, 2.24) is 14.7 Å². The standard InChI is InChI=1S/C27H23N3O3S2/c1-2-14-32-22-12-10-19(11-13-22)25-20(17-30(28-25)21-7-4-3-5-8-21)16-24-26(31)29(27(34)35-24)18-23-9-6-15-33-23/h3-13,15-17H,2,14,18H2,1H3/b24-16+. The molecule has 0 spiro atoms. The van der Waals surface area contributed by atoms with Crippen molar-refractivity contribution >= 4 is 40.3 Å². The second-order valence-corrected chi connectivity index (χ2v) is 9.61. The number of amides is 1. The lowest BCUT2D eigenvalue weighted by molar-refractivity contribution is -0.122. The van der Waals surface area contributed by atoms with Gasteiger partial charge in [0.25, 0.3) is 5.91 Å². The molecule has 35 heavy (non-hydrogen) atoms. The van der Waals surface area contributed by atoms with Gasteiger partial charge in [-0.2, -0.15) is 5.10 Å². The summed E-state index contributed by atoms with van der Waals surface area (Å²) in [5.74, 6) is 1.36. The van der Waals surface area contributed by atoms with Gasteiger partial charge in [-0.15, -0.1) is 0 Å². The quantitative estimate of drug-likeness (QED) is 0.208. The van der Waals surface area contributed by atoms with Crippen LogP contribution in [-0.4, -0.2) is 31.5 Å². The van der Waals surface area contributed by atoms with Crippen molar-refractivity contribution in [2.45, 2.75) is 19.9 Å². The Labute approximate surface area is 213 Å². The number of thiocarbonyl (C=S) groups is 1. The fraction of sp³-hybridized carbons (Fsp3) is 0.148. The molecule has 0 unspecified atom stereocenters. The van der Waals surface area contributed by atoms with E-state index >= 15 is 0 Å². The zero-order valence-corrected chi connectivity index (χ0v) is 20.7. The van der Waals surface area contributed by atoms with Crippen molar-refractivity contribution in [2.24, 2.45) is 0 Å². The van der Waals surface area contributed by atoms with E-state index < -0.39 is 0 Å². The van der Waals surface area contributed by atoms with E-state index in [-0.39, 0.29) is 5.91 Å². The molecule has 0 aliphatic carbocycles. The number of rotatable bonds is 8. The summed E-state index contributed by atoms with van der Waals surface area (Å²) in [4.78, 5) is 15.3. The Hall–Kier alpha value is -3.62. The zero-order chi connectivity index (χ0) is 24.2. The summed E-state index contributed by atoms with van der Waals surface area (Å²) in [7, 11) is 0. The summed E-state index contributed by atoms with van der Waals surface area (Å²) < 4.78 is 13.5. The number of hydrogen-bond acceptors (Lipinski definition) is 6. The van der Waals surface area contributed by atoms with Crippen molar-refractivity contribution in [3.8, 4) is 22.7 Å². The lowest BCUT2D eigenvalue weighted by Gasteiger charge is -2.11. The monoisotopic (exact) mass is 501 g/mol. The van der Waals surface area contributed by atoms with Crippen molar-refractivity contribution in [2.75, 3.05) is 6.61 Å². The molecule has 1 aliphatic heterocycles. The maximum Gasteiger partial charge on any atom is 0.266 e. The molecule has 4 aromatic rings. The van der Waals surface area contributed by atoms with Crippen LogP contribution < -0.4 is 4.74 Å². The van der Waals surface area contributed by atoms with E-state index in [0.29, 0.717) is 28.1 Å². The number of para-hydroxylation sites is 1. The Kier molecular flexibility index (Phi) is 6.83. The molecule has 1 fully saturated rings. The van der Waals surface area contributed by atoms with Gasteiger partial charge in [0.1, 0.15) is 15.8 Å². The highest BCUT2D eigenvalue weighted by Gasteiger charge is 2.33. The highest BCUT2D eigenvalue weighted by atomic mass is 32.2. The first-order chi connectivity index (χ1) is 17.1. The van der Waals surface area contributed by atoms with Crippen molar-refractivity contribution in [3.63, 3.8) is 0 Å². The molecule has 8 heteroatoms. The smallest absolute Gasteiger partial charge is 0.266 e.